The van der Waals surface area contributed by atoms with Crippen LogP contribution in [0, 0.1) is 11.6 Å². The molecule has 1 saturated heterocycles. The molecular weight excluding hydrogens is 332 g/mol. The van der Waals surface area contributed by atoms with E-state index in [4.69, 9.17) is 4.74 Å². The van der Waals surface area contributed by atoms with E-state index in [2.05, 4.69) is 4.90 Å². The molecule has 2 atom stereocenters. The lowest BCUT2D eigenvalue weighted by Crippen LogP contribution is -2.40. The molecule has 24 heavy (non-hydrogen) atoms. The molecule has 0 saturated carbocycles. The molecule has 0 N–H and O–H groups in total. The van der Waals surface area contributed by atoms with Gasteiger partial charge in [0.2, 0.25) is 0 Å². The minimum absolute atomic E-state index is 0.293. The quantitative estimate of drug-likeness (QED) is 0.829. The predicted molar refractivity (Wildman–Crippen MR) is 89.2 cm³/mol. The lowest BCUT2D eigenvalue weighted by Gasteiger charge is -2.33. The van der Waals surface area contributed by atoms with Crippen molar-refractivity contribution in [3.8, 4) is 0 Å². The average Bonchev–Trinajstić information content (AvgIpc) is 2.63. The van der Waals surface area contributed by atoms with Crippen molar-refractivity contribution in [2.75, 3.05) is 32.0 Å². The Morgan fingerprint density at radius 2 is 1.92 bits per heavy atom. The highest BCUT2D eigenvalue weighted by Gasteiger charge is 2.23. The maximum atomic E-state index is 13.4. The lowest BCUT2D eigenvalue weighted by atomic mass is 10.1. The van der Waals surface area contributed by atoms with E-state index in [1.54, 1.807) is 6.07 Å². The summed E-state index contributed by atoms with van der Waals surface area (Å²) in [6, 6.07) is 13.2. The zero-order valence-electron chi connectivity index (χ0n) is 13.2. The van der Waals surface area contributed by atoms with E-state index in [0.29, 0.717) is 31.0 Å². The largest absolute Gasteiger partial charge is 0.371 e. The van der Waals surface area contributed by atoms with Gasteiger partial charge in [-0.05, 0) is 29.8 Å². The van der Waals surface area contributed by atoms with E-state index in [1.165, 1.54) is 6.07 Å². The number of hydrogen-bond donors (Lipinski definition) is 0. The van der Waals surface area contributed by atoms with Crippen LogP contribution in [0.4, 0.5) is 8.78 Å². The van der Waals surface area contributed by atoms with Crippen LogP contribution in [0.1, 0.15) is 11.7 Å². The average molecular weight is 351 g/mol. The maximum Gasteiger partial charge on any atom is 0.159 e. The summed E-state index contributed by atoms with van der Waals surface area (Å²) in [4.78, 5) is 2.97. The molecule has 2 aromatic carbocycles. The first-order valence-corrected chi connectivity index (χ1v) is 9.18. The second-order valence-electron chi connectivity index (χ2n) is 5.70. The zero-order chi connectivity index (χ0) is 16.9. The van der Waals surface area contributed by atoms with Gasteiger partial charge in [0, 0.05) is 30.3 Å². The molecule has 2 aromatic rings. The van der Waals surface area contributed by atoms with Gasteiger partial charge in [-0.2, -0.15) is 0 Å². The molecule has 0 amide bonds. The van der Waals surface area contributed by atoms with E-state index in [1.807, 2.05) is 30.3 Å². The Balaban J connectivity index is 1.57. The van der Waals surface area contributed by atoms with Gasteiger partial charge in [0.1, 0.15) is 0 Å². The molecule has 0 radical (unpaired) electrons. The first kappa shape index (κ1) is 17.2. The first-order valence-electron chi connectivity index (χ1n) is 7.86. The van der Waals surface area contributed by atoms with E-state index < -0.39 is 22.4 Å². The Labute approximate surface area is 142 Å². The third-order valence-corrected chi connectivity index (χ3v) is 5.42. The summed E-state index contributed by atoms with van der Waals surface area (Å²) in [5, 5.41) is 0. The summed E-state index contributed by atoms with van der Waals surface area (Å²) >= 11 is 0. The van der Waals surface area contributed by atoms with Crippen molar-refractivity contribution in [1.29, 1.82) is 0 Å². The van der Waals surface area contributed by atoms with Crippen LogP contribution in [-0.4, -0.2) is 41.1 Å². The van der Waals surface area contributed by atoms with Gasteiger partial charge >= 0.3 is 0 Å². The molecule has 6 heteroatoms. The summed E-state index contributed by atoms with van der Waals surface area (Å²) in [5.41, 5.74) is 0.628. The van der Waals surface area contributed by atoms with Crippen molar-refractivity contribution in [3.63, 3.8) is 0 Å². The van der Waals surface area contributed by atoms with Gasteiger partial charge in [0.25, 0.3) is 0 Å². The molecule has 2 unspecified atom stereocenters. The maximum absolute atomic E-state index is 13.4. The van der Waals surface area contributed by atoms with Crippen LogP contribution in [0.5, 0.6) is 0 Å². The van der Waals surface area contributed by atoms with Crippen molar-refractivity contribution in [3.05, 3.63) is 65.7 Å². The van der Waals surface area contributed by atoms with Crippen LogP contribution in [-0.2, 0) is 15.5 Å². The normalized spacial score (nSPS) is 20.0. The second-order valence-corrected chi connectivity index (χ2v) is 7.27. The lowest BCUT2D eigenvalue weighted by molar-refractivity contribution is -0.0280. The molecular formula is C18H19F2NO2S. The van der Waals surface area contributed by atoms with E-state index in [-0.39, 0.29) is 6.10 Å². The smallest absolute Gasteiger partial charge is 0.159 e. The number of nitrogens with zero attached hydrogens (tertiary/aromatic N) is 1. The molecule has 0 aromatic heterocycles. The third-order valence-electron chi connectivity index (χ3n) is 4.07. The van der Waals surface area contributed by atoms with Crippen LogP contribution < -0.4 is 0 Å². The minimum Gasteiger partial charge on any atom is -0.371 e. The molecule has 1 aliphatic rings. The molecule has 1 heterocycles. The molecule has 3 rings (SSSR count). The highest BCUT2D eigenvalue weighted by molar-refractivity contribution is 7.85. The van der Waals surface area contributed by atoms with Crippen molar-refractivity contribution in [2.45, 2.75) is 11.0 Å². The topological polar surface area (TPSA) is 29.5 Å². The van der Waals surface area contributed by atoms with E-state index in [0.717, 1.165) is 17.5 Å². The molecule has 1 fully saturated rings. The number of benzene rings is 2. The van der Waals surface area contributed by atoms with Crippen molar-refractivity contribution < 1.29 is 17.7 Å². The van der Waals surface area contributed by atoms with Crippen LogP contribution in [0.3, 0.4) is 0 Å². The van der Waals surface area contributed by atoms with Crippen molar-refractivity contribution in [1.82, 2.24) is 4.90 Å². The molecule has 3 nitrogen and oxygen atoms in total. The standard InChI is InChI=1S/C18H19F2NO2S/c19-16-7-6-14(12-17(16)20)18-13-21(8-10-23-18)9-11-24(22)15-4-2-1-3-5-15/h1-7,12,18H,8-11,13H2. The molecule has 0 bridgehead atoms. The van der Waals surface area contributed by atoms with Gasteiger partial charge in [-0.15, -0.1) is 0 Å². The minimum atomic E-state index is -1.04. The Bertz CT molecular complexity index is 711. The first-order chi connectivity index (χ1) is 11.6. The Hall–Kier alpha value is -1.63. The Morgan fingerprint density at radius 1 is 1.12 bits per heavy atom. The highest BCUT2D eigenvalue weighted by atomic mass is 32.2. The monoisotopic (exact) mass is 351 g/mol. The Morgan fingerprint density at radius 3 is 2.67 bits per heavy atom. The summed E-state index contributed by atoms with van der Waals surface area (Å²) in [7, 11) is -1.04. The van der Waals surface area contributed by atoms with Gasteiger partial charge in [-0.1, -0.05) is 24.3 Å². The van der Waals surface area contributed by atoms with Crippen LogP contribution in [0.15, 0.2) is 53.4 Å². The van der Waals surface area contributed by atoms with Gasteiger partial charge in [-0.3, -0.25) is 9.11 Å². The van der Waals surface area contributed by atoms with Crippen LogP contribution >= 0.6 is 0 Å². The fraction of sp³-hybridized carbons (Fsp3) is 0.333. The zero-order valence-corrected chi connectivity index (χ0v) is 14.0. The summed E-state index contributed by atoms with van der Waals surface area (Å²) in [6.45, 7) is 2.51. The Kier molecular flexibility index (Phi) is 5.71. The van der Waals surface area contributed by atoms with Gasteiger partial charge < -0.3 is 4.74 Å². The number of hydrogen-bond acceptors (Lipinski definition) is 3. The third kappa shape index (κ3) is 4.26. The number of ether oxygens (including phenoxy) is 1. The second kappa shape index (κ2) is 7.96. The number of rotatable bonds is 5. The SMILES string of the molecule is O=S(CCN1CCOC(c2ccc(F)c(F)c2)C1)c1ccccc1. The fourth-order valence-electron chi connectivity index (χ4n) is 2.72. The molecule has 0 spiro atoms. The highest BCUT2D eigenvalue weighted by Crippen LogP contribution is 2.23. The van der Waals surface area contributed by atoms with Crippen molar-refractivity contribution in [2.24, 2.45) is 0 Å². The van der Waals surface area contributed by atoms with Crippen molar-refractivity contribution >= 4 is 10.8 Å². The van der Waals surface area contributed by atoms with E-state index in [9.17, 15) is 13.0 Å². The van der Waals surface area contributed by atoms with Gasteiger partial charge in [-0.25, -0.2) is 8.78 Å². The van der Waals surface area contributed by atoms with Crippen LogP contribution in [0.2, 0.25) is 0 Å². The molecule has 1 aliphatic heterocycles. The summed E-state index contributed by atoms with van der Waals surface area (Å²) in [6.07, 6.45) is -0.293. The van der Waals surface area contributed by atoms with Gasteiger partial charge in [0.15, 0.2) is 11.6 Å². The molecule has 128 valence electrons. The molecule has 0 aliphatic carbocycles. The predicted octanol–water partition coefficient (Wildman–Crippen LogP) is 3.15. The van der Waals surface area contributed by atoms with Crippen LogP contribution in [0.25, 0.3) is 0 Å². The number of morpholine rings is 1. The number of halogens is 2. The van der Waals surface area contributed by atoms with E-state index >= 15 is 0 Å². The summed E-state index contributed by atoms with van der Waals surface area (Å²) in [5.74, 6) is -1.18. The summed E-state index contributed by atoms with van der Waals surface area (Å²) < 4.78 is 44.4. The van der Waals surface area contributed by atoms with Gasteiger partial charge in [0.05, 0.1) is 23.5 Å². The fourth-order valence-corrected chi connectivity index (χ4v) is 3.84.